The monoisotopic (exact) mass is 272 g/mol. The number of benzene rings is 1. The van der Waals surface area contributed by atoms with E-state index in [1.807, 2.05) is 31.2 Å². The third kappa shape index (κ3) is 2.38. The number of nitrogens with zero attached hydrogens (tertiary/aromatic N) is 1. The average molecular weight is 272 g/mol. The maximum absolute atomic E-state index is 12.5. The van der Waals surface area contributed by atoms with Gasteiger partial charge in [-0.3, -0.25) is 9.89 Å². The Morgan fingerprint density at radius 3 is 2.65 bits per heavy atom. The van der Waals surface area contributed by atoms with Gasteiger partial charge in [0.15, 0.2) is 0 Å². The van der Waals surface area contributed by atoms with Crippen LogP contribution in [-0.4, -0.2) is 16.4 Å². The molecule has 1 N–H and O–H groups in total. The minimum absolute atomic E-state index is 0.103. The normalized spacial score (nSPS) is 14.7. The van der Waals surface area contributed by atoms with Crippen LogP contribution in [0.25, 0.3) is 5.69 Å². The largest absolute Gasteiger partial charge is 0.494 e. The van der Waals surface area contributed by atoms with Crippen molar-refractivity contribution in [3.05, 3.63) is 45.9 Å². The molecule has 1 aliphatic carbocycles. The van der Waals surface area contributed by atoms with Crippen LogP contribution in [-0.2, 0) is 12.8 Å². The summed E-state index contributed by atoms with van der Waals surface area (Å²) in [5.41, 5.74) is 3.05. The van der Waals surface area contributed by atoms with Gasteiger partial charge >= 0.3 is 0 Å². The summed E-state index contributed by atoms with van der Waals surface area (Å²) < 4.78 is 7.09. The van der Waals surface area contributed by atoms with Gasteiger partial charge in [0.25, 0.3) is 5.56 Å². The van der Waals surface area contributed by atoms with Gasteiger partial charge in [0.05, 0.1) is 12.3 Å². The Kier molecular flexibility index (Phi) is 3.63. The van der Waals surface area contributed by atoms with Crippen molar-refractivity contribution in [1.82, 2.24) is 9.78 Å². The molecule has 1 aromatic carbocycles. The Labute approximate surface area is 118 Å². The van der Waals surface area contributed by atoms with E-state index in [9.17, 15) is 4.79 Å². The number of aryl methyl sites for hydroxylation is 1. The molecule has 0 amide bonds. The molecule has 0 saturated heterocycles. The van der Waals surface area contributed by atoms with Gasteiger partial charge in [0.1, 0.15) is 5.75 Å². The number of aromatic amines is 1. The number of rotatable bonds is 3. The van der Waals surface area contributed by atoms with Crippen molar-refractivity contribution < 1.29 is 4.74 Å². The lowest BCUT2D eigenvalue weighted by atomic mass is 10.1. The zero-order valence-corrected chi connectivity index (χ0v) is 11.8. The van der Waals surface area contributed by atoms with Crippen molar-refractivity contribution in [3.8, 4) is 11.4 Å². The summed E-state index contributed by atoms with van der Waals surface area (Å²) in [6.45, 7) is 2.61. The fraction of sp³-hybridized carbons (Fsp3) is 0.438. The molecule has 4 heteroatoms. The number of ether oxygens (including phenoxy) is 1. The van der Waals surface area contributed by atoms with Crippen LogP contribution in [0, 0.1) is 0 Å². The second-order valence-electron chi connectivity index (χ2n) is 5.20. The van der Waals surface area contributed by atoms with Crippen LogP contribution in [0.4, 0.5) is 0 Å². The van der Waals surface area contributed by atoms with Crippen LogP contribution in [0.3, 0.4) is 0 Å². The molecule has 1 aromatic heterocycles. The fourth-order valence-corrected chi connectivity index (χ4v) is 2.80. The van der Waals surface area contributed by atoms with Crippen molar-refractivity contribution in [1.29, 1.82) is 0 Å². The van der Waals surface area contributed by atoms with Crippen LogP contribution in [0.15, 0.2) is 29.1 Å². The van der Waals surface area contributed by atoms with Gasteiger partial charge < -0.3 is 4.74 Å². The first-order valence-corrected chi connectivity index (χ1v) is 7.35. The molecule has 4 nitrogen and oxygen atoms in total. The van der Waals surface area contributed by atoms with Crippen LogP contribution in [0.5, 0.6) is 5.75 Å². The van der Waals surface area contributed by atoms with Crippen molar-refractivity contribution in [3.63, 3.8) is 0 Å². The SMILES string of the molecule is CCOc1ccc(-n2[nH]c3c(c2=O)CCCCC3)cc1. The fourth-order valence-electron chi connectivity index (χ4n) is 2.80. The van der Waals surface area contributed by atoms with Crippen molar-refractivity contribution in [2.75, 3.05) is 6.61 Å². The molecule has 0 spiro atoms. The molecule has 1 heterocycles. The van der Waals surface area contributed by atoms with Gasteiger partial charge in [0.2, 0.25) is 0 Å². The highest BCUT2D eigenvalue weighted by Crippen LogP contribution is 2.19. The summed E-state index contributed by atoms with van der Waals surface area (Å²) in [6, 6.07) is 7.64. The van der Waals surface area contributed by atoms with Crippen LogP contribution in [0.2, 0.25) is 0 Å². The molecule has 3 rings (SSSR count). The lowest BCUT2D eigenvalue weighted by Gasteiger charge is -2.05. The molecule has 0 bridgehead atoms. The Hall–Kier alpha value is -1.97. The molecule has 0 atom stereocenters. The van der Waals surface area contributed by atoms with Gasteiger partial charge in [-0.05, 0) is 56.9 Å². The van der Waals surface area contributed by atoms with Crippen molar-refractivity contribution >= 4 is 0 Å². The number of hydrogen-bond donors (Lipinski definition) is 1. The van der Waals surface area contributed by atoms with E-state index in [1.165, 1.54) is 6.42 Å². The summed E-state index contributed by atoms with van der Waals surface area (Å²) in [7, 11) is 0. The zero-order chi connectivity index (χ0) is 13.9. The summed E-state index contributed by atoms with van der Waals surface area (Å²) >= 11 is 0. The van der Waals surface area contributed by atoms with Crippen molar-refractivity contribution in [2.45, 2.75) is 39.0 Å². The van der Waals surface area contributed by atoms with Gasteiger partial charge in [-0.15, -0.1) is 0 Å². The first kappa shape index (κ1) is 13.0. The molecule has 2 aromatic rings. The lowest BCUT2D eigenvalue weighted by molar-refractivity contribution is 0.340. The first-order chi connectivity index (χ1) is 9.79. The highest BCUT2D eigenvalue weighted by Gasteiger charge is 2.17. The number of H-pyrrole nitrogens is 1. The van der Waals surface area contributed by atoms with E-state index >= 15 is 0 Å². The van der Waals surface area contributed by atoms with E-state index in [4.69, 9.17) is 4.74 Å². The number of aromatic nitrogens is 2. The highest BCUT2D eigenvalue weighted by atomic mass is 16.5. The van der Waals surface area contributed by atoms with Crippen LogP contribution >= 0.6 is 0 Å². The van der Waals surface area contributed by atoms with E-state index in [0.717, 1.165) is 48.4 Å². The molecule has 0 aliphatic heterocycles. The van der Waals surface area contributed by atoms with E-state index in [1.54, 1.807) is 4.68 Å². The molecular formula is C16H20N2O2. The average Bonchev–Trinajstić information content (AvgIpc) is 2.65. The maximum atomic E-state index is 12.5. The predicted octanol–water partition coefficient (Wildman–Crippen LogP) is 2.83. The zero-order valence-electron chi connectivity index (χ0n) is 11.8. The summed E-state index contributed by atoms with van der Waals surface area (Å²) in [4.78, 5) is 12.5. The smallest absolute Gasteiger partial charge is 0.274 e. The van der Waals surface area contributed by atoms with E-state index in [-0.39, 0.29) is 5.56 Å². The molecule has 20 heavy (non-hydrogen) atoms. The molecule has 106 valence electrons. The summed E-state index contributed by atoms with van der Waals surface area (Å²) in [5, 5.41) is 3.27. The summed E-state index contributed by atoms with van der Waals surface area (Å²) in [6.07, 6.45) is 5.37. The first-order valence-electron chi connectivity index (χ1n) is 7.35. The Balaban J connectivity index is 1.96. The van der Waals surface area contributed by atoms with E-state index in [0.29, 0.717) is 6.61 Å². The third-order valence-corrected chi connectivity index (χ3v) is 3.83. The Morgan fingerprint density at radius 1 is 1.15 bits per heavy atom. The summed E-state index contributed by atoms with van der Waals surface area (Å²) in [5.74, 6) is 0.831. The molecule has 1 aliphatic rings. The number of nitrogens with one attached hydrogen (secondary N) is 1. The number of fused-ring (bicyclic) bond motifs is 1. The van der Waals surface area contributed by atoms with Gasteiger partial charge in [-0.2, -0.15) is 0 Å². The molecule has 0 unspecified atom stereocenters. The second-order valence-corrected chi connectivity index (χ2v) is 5.20. The second kappa shape index (κ2) is 5.57. The third-order valence-electron chi connectivity index (χ3n) is 3.83. The Morgan fingerprint density at radius 2 is 1.90 bits per heavy atom. The van der Waals surface area contributed by atoms with Gasteiger partial charge in [-0.1, -0.05) is 6.42 Å². The van der Waals surface area contributed by atoms with Crippen molar-refractivity contribution in [2.24, 2.45) is 0 Å². The van der Waals surface area contributed by atoms with Gasteiger partial charge in [0, 0.05) is 11.3 Å². The topological polar surface area (TPSA) is 47.0 Å². The Bertz CT molecular complexity index is 637. The predicted molar refractivity (Wildman–Crippen MR) is 78.8 cm³/mol. The van der Waals surface area contributed by atoms with Crippen LogP contribution in [0.1, 0.15) is 37.4 Å². The highest BCUT2D eigenvalue weighted by molar-refractivity contribution is 5.38. The number of hydrogen-bond acceptors (Lipinski definition) is 2. The molecule has 0 saturated carbocycles. The van der Waals surface area contributed by atoms with E-state index < -0.39 is 0 Å². The van der Waals surface area contributed by atoms with Crippen LogP contribution < -0.4 is 10.3 Å². The van der Waals surface area contributed by atoms with E-state index in [2.05, 4.69) is 5.10 Å². The lowest BCUT2D eigenvalue weighted by Crippen LogP contribution is -2.17. The molecule has 0 fully saturated rings. The van der Waals surface area contributed by atoms with Gasteiger partial charge in [-0.25, -0.2) is 4.68 Å². The quantitative estimate of drug-likeness (QED) is 0.873. The minimum Gasteiger partial charge on any atom is -0.494 e. The molecule has 0 radical (unpaired) electrons. The maximum Gasteiger partial charge on any atom is 0.274 e. The molecular weight excluding hydrogens is 252 g/mol. The standard InChI is InChI=1S/C16H20N2O2/c1-2-20-13-10-8-12(9-11-13)18-16(19)14-6-4-3-5-7-15(14)17-18/h8-11,17H,2-7H2,1H3. The minimum atomic E-state index is 0.103.